The number of carbonyl (C=O) groups excluding carboxylic acids is 2. The lowest BCUT2D eigenvalue weighted by molar-refractivity contribution is -0.128. The van der Waals surface area contributed by atoms with Crippen LogP contribution in [-0.2, 0) is 9.59 Å². The molecule has 2 heterocycles. The quantitative estimate of drug-likeness (QED) is 0.236. The van der Waals surface area contributed by atoms with Crippen LogP contribution in [0.5, 0.6) is 5.75 Å². The third-order valence-corrected chi connectivity index (χ3v) is 8.83. The third-order valence-electron chi connectivity index (χ3n) is 8.48. The van der Waals surface area contributed by atoms with Gasteiger partial charge in [0.2, 0.25) is 11.8 Å². The molecule has 1 saturated carbocycles. The number of pyridine rings is 1. The predicted octanol–water partition coefficient (Wildman–Crippen LogP) is 5.82. The predicted molar refractivity (Wildman–Crippen MR) is 168 cm³/mol. The number of hydrogen-bond acceptors (Lipinski definition) is 8. The minimum atomic E-state index is -2.72. The number of ketones is 1. The number of nitrogens with zero attached hydrogens (tertiary/aromatic N) is 4. The molecule has 0 bridgehead atoms. The maximum absolute atomic E-state index is 14.5. The summed E-state index contributed by atoms with van der Waals surface area (Å²) in [5, 5.41) is 29.8. The van der Waals surface area contributed by atoms with E-state index in [4.69, 9.17) is 16.3 Å². The van der Waals surface area contributed by atoms with Gasteiger partial charge in [0.1, 0.15) is 30.4 Å². The summed E-state index contributed by atoms with van der Waals surface area (Å²) in [4.78, 5) is 36.0. The van der Waals surface area contributed by atoms with Crippen molar-refractivity contribution >= 4 is 34.8 Å². The highest BCUT2D eigenvalue weighted by Gasteiger charge is 2.45. The molecule has 1 aliphatic carbocycles. The lowest BCUT2D eigenvalue weighted by Crippen LogP contribution is -2.44. The zero-order valence-corrected chi connectivity index (χ0v) is 25.8. The Bertz CT molecular complexity index is 1590. The van der Waals surface area contributed by atoms with Gasteiger partial charge in [-0.25, -0.2) is 13.8 Å². The van der Waals surface area contributed by atoms with Gasteiger partial charge in [0.15, 0.2) is 5.78 Å². The van der Waals surface area contributed by atoms with Gasteiger partial charge >= 0.3 is 0 Å². The number of aromatic nitrogens is 1. The summed E-state index contributed by atoms with van der Waals surface area (Å²) in [5.41, 5.74) is 1.07. The van der Waals surface area contributed by atoms with Gasteiger partial charge < -0.3 is 19.8 Å². The van der Waals surface area contributed by atoms with Crippen molar-refractivity contribution in [3.8, 4) is 11.8 Å². The van der Waals surface area contributed by atoms with Crippen LogP contribution in [0.25, 0.3) is 0 Å². The van der Waals surface area contributed by atoms with Crippen LogP contribution in [0.1, 0.15) is 62.1 Å². The van der Waals surface area contributed by atoms with Crippen molar-refractivity contribution < 1.29 is 33.3 Å². The summed E-state index contributed by atoms with van der Waals surface area (Å²) in [5.74, 6) is -3.11. The van der Waals surface area contributed by atoms with Crippen LogP contribution in [0, 0.1) is 17.2 Å². The highest BCUT2D eigenvalue weighted by molar-refractivity contribution is 6.31. The topological polar surface area (TPSA) is 127 Å². The highest BCUT2D eigenvalue weighted by atomic mass is 35.5. The van der Waals surface area contributed by atoms with Gasteiger partial charge in [-0.15, -0.1) is 0 Å². The van der Waals surface area contributed by atoms with Crippen molar-refractivity contribution in [2.45, 2.75) is 69.2 Å². The number of Topliss-reactive ketones (excluding diaryl/α,β-unsaturated/α-hetero) is 1. The van der Waals surface area contributed by atoms with Crippen LogP contribution < -0.4 is 14.5 Å². The second-order valence-electron chi connectivity index (χ2n) is 11.7. The summed E-state index contributed by atoms with van der Waals surface area (Å²) in [6.07, 6.45) is 0.867. The van der Waals surface area contributed by atoms with Crippen molar-refractivity contribution in [2.24, 2.45) is 5.92 Å². The Kier molecular flexibility index (Phi) is 10.5. The molecule has 1 aliphatic heterocycles. The Hall–Kier alpha value is -4.11. The minimum absolute atomic E-state index is 0.0139. The number of ether oxygens (including phenoxy) is 1. The molecule has 242 valence electrons. The van der Waals surface area contributed by atoms with Gasteiger partial charge in [0, 0.05) is 60.3 Å². The normalized spacial score (nSPS) is 19.6. The molecule has 3 atom stereocenters. The van der Waals surface area contributed by atoms with Crippen molar-refractivity contribution in [2.75, 3.05) is 23.0 Å². The molecule has 1 aromatic heterocycles. The summed E-state index contributed by atoms with van der Waals surface area (Å²) >= 11 is 6.64. The molecule has 1 saturated heterocycles. The number of carbonyl (C=O) groups is 2. The second kappa shape index (κ2) is 14.5. The summed E-state index contributed by atoms with van der Waals surface area (Å²) in [7, 11) is 0. The van der Waals surface area contributed by atoms with Crippen molar-refractivity contribution in [3.63, 3.8) is 0 Å². The van der Waals surface area contributed by atoms with E-state index in [2.05, 4.69) is 11.1 Å². The molecule has 5 rings (SSSR count). The van der Waals surface area contributed by atoms with E-state index >= 15 is 0 Å². The molecule has 1 amide bonds. The molecule has 9 nitrogen and oxygen atoms in total. The first kappa shape index (κ1) is 33.3. The fourth-order valence-corrected chi connectivity index (χ4v) is 6.52. The fraction of sp³-hybridized carbons (Fsp3) is 0.412. The first-order valence-corrected chi connectivity index (χ1v) is 15.6. The molecular weight excluding hydrogens is 618 g/mol. The monoisotopic (exact) mass is 652 g/mol. The number of nitriles is 1. The molecule has 2 fully saturated rings. The third kappa shape index (κ3) is 7.64. The smallest absolute Gasteiger partial charge is 0.248 e. The van der Waals surface area contributed by atoms with Crippen LogP contribution in [0.15, 0.2) is 66.9 Å². The first-order chi connectivity index (χ1) is 22.1. The summed E-state index contributed by atoms with van der Waals surface area (Å²) < 4.78 is 32.7. The largest absolute Gasteiger partial charge is 0.491 e. The Morgan fingerprint density at radius 1 is 1.15 bits per heavy atom. The molecule has 0 spiro atoms. The molecule has 2 N–H and O–H groups in total. The highest BCUT2D eigenvalue weighted by Crippen LogP contribution is 2.45. The maximum atomic E-state index is 14.5. The zero-order valence-electron chi connectivity index (χ0n) is 25.1. The van der Waals surface area contributed by atoms with Crippen LogP contribution in [0.2, 0.25) is 5.02 Å². The van der Waals surface area contributed by atoms with Crippen LogP contribution >= 0.6 is 11.6 Å². The first-order valence-electron chi connectivity index (χ1n) is 15.2. The summed E-state index contributed by atoms with van der Waals surface area (Å²) in [6, 6.07) is 16.7. The number of benzene rings is 2. The standard InChI is InChI=1S/C34H35ClF2N4O5/c35-28-7-2-1-6-27(28)33(29(43)10-8-23-19-34(36,37)20-23)41(24-4-3-5-26(17-24)46-15-14-42)32(45)18-25-9-11-31(44)40(25)30-16-22(21-38)12-13-39-30/h1-7,12-13,16-17,23,25,31,33,42,44H,8-11,14-15,18-20H2/t25-,31?,33-/m0/s1. The number of rotatable bonds is 13. The number of aliphatic hydroxyl groups excluding tert-OH is 2. The van der Waals surface area contributed by atoms with Crippen molar-refractivity contribution in [3.05, 3.63) is 83.0 Å². The van der Waals surface area contributed by atoms with Gasteiger partial charge in [0.05, 0.1) is 18.2 Å². The lowest BCUT2D eigenvalue weighted by atomic mass is 9.77. The number of alkyl halides is 2. The minimum Gasteiger partial charge on any atom is -0.491 e. The number of anilines is 2. The SMILES string of the molecule is N#Cc1ccnc(N2C(O)CC[C@H]2CC(=O)N(c2cccc(OCCO)c2)[C@H](C(=O)CCC2CC(F)(F)C2)c2ccccc2Cl)c1. The van der Waals surface area contributed by atoms with Crippen LogP contribution in [0.3, 0.4) is 0 Å². The Balaban J connectivity index is 1.52. The number of aliphatic hydroxyl groups is 2. The lowest BCUT2D eigenvalue weighted by Gasteiger charge is -2.36. The van der Waals surface area contributed by atoms with E-state index in [0.717, 1.165) is 0 Å². The number of hydrogen-bond donors (Lipinski definition) is 2. The molecule has 1 unspecified atom stereocenters. The number of amides is 1. The summed E-state index contributed by atoms with van der Waals surface area (Å²) in [6.45, 7) is -0.214. The second-order valence-corrected chi connectivity index (χ2v) is 12.1. The molecule has 46 heavy (non-hydrogen) atoms. The number of halogens is 3. The molecular formula is C34H35ClF2N4O5. The van der Waals surface area contributed by atoms with Crippen molar-refractivity contribution in [1.82, 2.24) is 4.98 Å². The van der Waals surface area contributed by atoms with E-state index in [0.29, 0.717) is 41.2 Å². The van der Waals surface area contributed by atoms with Gasteiger partial charge in [-0.2, -0.15) is 5.26 Å². The van der Waals surface area contributed by atoms with Crippen LogP contribution in [-0.4, -0.2) is 58.3 Å². The zero-order chi connectivity index (χ0) is 32.8. The van der Waals surface area contributed by atoms with E-state index in [1.54, 1.807) is 65.6 Å². The van der Waals surface area contributed by atoms with Gasteiger partial charge in [0.25, 0.3) is 0 Å². The van der Waals surface area contributed by atoms with Gasteiger partial charge in [-0.3, -0.25) is 14.5 Å². The van der Waals surface area contributed by atoms with E-state index in [1.165, 1.54) is 11.1 Å². The van der Waals surface area contributed by atoms with E-state index in [9.17, 15) is 33.8 Å². The Labute approximate surface area is 271 Å². The van der Waals surface area contributed by atoms with E-state index < -0.39 is 30.1 Å². The Morgan fingerprint density at radius 3 is 2.65 bits per heavy atom. The van der Waals surface area contributed by atoms with E-state index in [1.807, 2.05) is 0 Å². The Morgan fingerprint density at radius 2 is 1.93 bits per heavy atom. The maximum Gasteiger partial charge on any atom is 0.248 e. The average Bonchev–Trinajstić information content (AvgIpc) is 3.40. The van der Waals surface area contributed by atoms with Gasteiger partial charge in [-0.05, 0) is 55.5 Å². The molecule has 2 aromatic carbocycles. The van der Waals surface area contributed by atoms with Crippen LogP contribution in [0.4, 0.5) is 20.3 Å². The average molecular weight is 653 g/mol. The molecule has 2 aliphatic rings. The van der Waals surface area contributed by atoms with Crippen molar-refractivity contribution in [1.29, 1.82) is 5.26 Å². The molecule has 0 radical (unpaired) electrons. The molecule has 12 heteroatoms. The fourth-order valence-electron chi connectivity index (χ4n) is 6.28. The van der Waals surface area contributed by atoms with E-state index in [-0.39, 0.29) is 62.0 Å². The molecule has 3 aromatic rings. The van der Waals surface area contributed by atoms with Gasteiger partial charge in [-0.1, -0.05) is 35.9 Å².